The second-order valence-corrected chi connectivity index (χ2v) is 4.23. The summed E-state index contributed by atoms with van der Waals surface area (Å²) in [5.41, 5.74) is 6.38. The third-order valence-electron chi connectivity index (χ3n) is 2.66. The van der Waals surface area contributed by atoms with Crippen LogP contribution in [0.15, 0.2) is 35.5 Å². The van der Waals surface area contributed by atoms with Gasteiger partial charge in [0.05, 0.1) is 6.42 Å². The molecule has 0 heterocycles. The van der Waals surface area contributed by atoms with Gasteiger partial charge in [-0.25, -0.2) is 0 Å². The Kier molecular flexibility index (Phi) is 6.21. The van der Waals surface area contributed by atoms with Crippen molar-refractivity contribution in [2.45, 2.75) is 12.8 Å². The summed E-state index contributed by atoms with van der Waals surface area (Å²) in [6, 6.07) is 10.0. The van der Waals surface area contributed by atoms with Gasteiger partial charge < -0.3 is 21.2 Å². The van der Waals surface area contributed by atoms with E-state index in [2.05, 4.69) is 15.4 Å². The lowest BCUT2D eigenvalue weighted by molar-refractivity contribution is -0.119. The van der Waals surface area contributed by atoms with Crippen molar-refractivity contribution in [2.75, 3.05) is 25.0 Å². The number of carbonyl (C=O) groups is 1. The van der Waals surface area contributed by atoms with Crippen LogP contribution in [0, 0.1) is 0 Å². The summed E-state index contributed by atoms with van der Waals surface area (Å²) >= 11 is 0. The highest BCUT2D eigenvalue weighted by Gasteiger charge is 2.04. The van der Waals surface area contributed by atoms with Crippen LogP contribution in [0.25, 0.3) is 0 Å². The largest absolute Gasteiger partial charge is 0.409 e. The summed E-state index contributed by atoms with van der Waals surface area (Å²) in [7, 11) is 2.01. The number of hydrogen-bond acceptors (Lipinski definition) is 4. The van der Waals surface area contributed by atoms with Gasteiger partial charge in [-0.3, -0.25) is 4.79 Å². The van der Waals surface area contributed by atoms with Crippen LogP contribution in [-0.2, 0) is 4.79 Å². The molecule has 0 aromatic heterocycles. The van der Waals surface area contributed by atoms with Crippen LogP contribution in [0.4, 0.5) is 5.69 Å². The summed E-state index contributed by atoms with van der Waals surface area (Å²) < 4.78 is 0. The molecule has 0 aliphatic rings. The van der Waals surface area contributed by atoms with E-state index in [1.807, 2.05) is 37.4 Å². The average molecular weight is 264 g/mol. The van der Waals surface area contributed by atoms with E-state index < -0.39 is 0 Å². The van der Waals surface area contributed by atoms with Gasteiger partial charge in [-0.2, -0.15) is 0 Å². The van der Waals surface area contributed by atoms with Gasteiger partial charge >= 0.3 is 0 Å². The van der Waals surface area contributed by atoms with Crippen molar-refractivity contribution in [3.63, 3.8) is 0 Å². The smallest absolute Gasteiger partial charge is 0.227 e. The summed E-state index contributed by atoms with van der Waals surface area (Å²) in [5.74, 6) is -0.323. The second kappa shape index (κ2) is 7.97. The van der Waals surface area contributed by atoms with Crippen molar-refractivity contribution in [1.82, 2.24) is 5.32 Å². The Balaban J connectivity index is 2.19. The third kappa shape index (κ3) is 5.76. The number of amidine groups is 1. The minimum Gasteiger partial charge on any atom is -0.409 e. The van der Waals surface area contributed by atoms with E-state index in [1.165, 1.54) is 0 Å². The summed E-state index contributed by atoms with van der Waals surface area (Å²) in [6.07, 6.45) is 0.748. The fourth-order valence-corrected chi connectivity index (χ4v) is 1.62. The van der Waals surface area contributed by atoms with Gasteiger partial charge in [0.15, 0.2) is 0 Å². The van der Waals surface area contributed by atoms with E-state index in [1.54, 1.807) is 0 Å². The molecule has 0 aliphatic carbocycles. The van der Waals surface area contributed by atoms with Gasteiger partial charge in [0.25, 0.3) is 0 Å². The van der Waals surface area contributed by atoms with E-state index in [0.717, 1.165) is 18.7 Å². The van der Waals surface area contributed by atoms with Crippen molar-refractivity contribution < 1.29 is 10.0 Å². The van der Waals surface area contributed by atoms with Crippen molar-refractivity contribution in [2.24, 2.45) is 10.9 Å². The predicted octanol–water partition coefficient (Wildman–Crippen LogP) is 0.766. The van der Waals surface area contributed by atoms with Crippen LogP contribution >= 0.6 is 0 Å². The van der Waals surface area contributed by atoms with Crippen LogP contribution in [0.2, 0.25) is 0 Å². The normalized spacial score (nSPS) is 11.1. The highest BCUT2D eigenvalue weighted by atomic mass is 16.4. The first-order chi connectivity index (χ1) is 9.13. The van der Waals surface area contributed by atoms with Crippen molar-refractivity contribution in [1.29, 1.82) is 0 Å². The lowest BCUT2D eigenvalue weighted by atomic mass is 10.3. The summed E-state index contributed by atoms with van der Waals surface area (Å²) in [5, 5.41) is 13.8. The van der Waals surface area contributed by atoms with Crippen molar-refractivity contribution in [3.8, 4) is 0 Å². The Hall–Kier alpha value is -2.24. The molecule has 0 bridgehead atoms. The van der Waals surface area contributed by atoms with Gasteiger partial charge in [0.2, 0.25) is 5.91 Å². The first-order valence-corrected chi connectivity index (χ1v) is 6.12. The number of hydrogen-bond donors (Lipinski definition) is 3. The van der Waals surface area contributed by atoms with Crippen LogP contribution in [-0.4, -0.2) is 37.1 Å². The molecule has 0 atom stereocenters. The number of anilines is 1. The molecule has 0 radical (unpaired) electrons. The molecule has 0 saturated heterocycles. The lowest BCUT2D eigenvalue weighted by Crippen LogP contribution is -2.31. The molecular formula is C13H20N4O2. The first kappa shape index (κ1) is 14.8. The van der Waals surface area contributed by atoms with E-state index >= 15 is 0 Å². The molecule has 0 spiro atoms. The number of nitrogens with zero attached hydrogens (tertiary/aromatic N) is 2. The highest BCUT2D eigenvalue weighted by Crippen LogP contribution is 2.10. The molecule has 6 heteroatoms. The van der Waals surface area contributed by atoms with Gasteiger partial charge in [0.1, 0.15) is 5.84 Å². The zero-order chi connectivity index (χ0) is 14.1. The first-order valence-electron chi connectivity index (χ1n) is 6.12. The quantitative estimate of drug-likeness (QED) is 0.223. The maximum atomic E-state index is 11.3. The summed E-state index contributed by atoms with van der Waals surface area (Å²) in [4.78, 5) is 13.5. The Bertz CT molecular complexity index is 420. The van der Waals surface area contributed by atoms with E-state index in [0.29, 0.717) is 6.54 Å². The van der Waals surface area contributed by atoms with E-state index in [-0.39, 0.29) is 18.2 Å². The monoisotopic (exact) mass is 264 g/mol. The minimum absolute atomic E-state index is 0.0783. The molecule has 0 unspecified atom stereocenters. The number of benzene rings is 1. The number of amides is 1. The number of para-hydroxylation sites is 1. The van der Waals surface area contributed by atoms with Gasteiger partial charge in [-0.1, -0.05) is 23.4 Å². The Labute approximate surface area is 112 Å². The van der Waals surface area contributed by atoms with E-state index in [9.17, 15) is 4.79 Å². The fourth-order valence-electron chi connectivity index (χ4n) is 1.62. The molecule has 1 aromatic carbocycles. The fraction of sp³-hybridized carbons (Fsp3) is 0.385. The standard InChI is InChI=1S/C13H20N4O2/c1-17(11-6-3-2-4-7-11)9-5-8-15-13(18)10-12(14)16-19/h2-4,6-7,19H,5,8-10H2,1H3,(H2,14,16)(H,15,18). The van der Waals surface area contributed by atoms with Gasteiger partial charge in [-0.15, -0.1) is 0 Å². The summed E-state index contributed by atoms with van der Waals surface area (Å²) in [6.45, 7) is 1.41. The molecule has 0 aliphatic heterocycles. The van der Waals surface area contributed by atoms with Crippen molar-refractivity contribution >= 4 is 17.4 Å². The molecule has 4 N–H and O–H groups in total. The molecule has 19 heavy (non-hydrogen) atoms. The number of carbonyl (C=O) groups excluding carboxylic acids is 1. The second-order valence-electron chi connectivity index (χ2n) is 4.23. The molecule has 1 aromatic rings. The van der Waals surface area contributed by atoms with Crippen LogP contribution < -0.4 is 16.0 Å². The Morgan fingerprint density at radius 3 is 2.74 bits per heavy atom. The molecule has 1 rings (SSSR count). The van der Waals surface area contributed by atoms with E-state index in [4.69, 9.17) is 10.9 Å². The average Bonchev–Trinajstić information content (AvgIpc) is 2.44. The van der Waals surface area contributed by atoms with Crippen LogP contribution in [0.1, 0.15) is 12.8 Å². The molecule has 6 nitrogen and oxygen atoms in total. The lowest BCUT2D eigenvalue weighted by Gasteiger charge is -2.19. The zero-order valence-electron chi connectivity index (χ0n) is 11.0. The SMILES string of the molecule is CN(CCCNC(=O)C/C(N)=N/O)c1ccccc1. The highest BCUT2D eigenvalue weighted by molar-refractivity contribution is 5.98. The number of rotatable bonds is 7. The predicted molar refractivity (Wildman–Crippen MR) is 75.4 cm³/mol. The molecular weight excluding hydrogens is 244 g/mol. The minimum atomic E-state index is -0.238. The molecule has 104 valence electrons. The maximum absolute atomic E-state index is 11.3. The zero-order valence-corrected chi connectivity index (χ0v) is 11.0. The van der Waals surface area contributed by atoms with Crippen LogP contribution in [0.3, 0.4) is 0 Å². The Morgan fingerprint density at radius 1 is 1.42 bits per heavy atom. The van der Waals surface area contributed by atoms with Crippen molar-refractivity contribution in [3.05, 3.63) is 30.3 Å². The van der Waals surface area contributed by atoms with Gasteiger partial charge in [0, 0.05) is 25.8 Å². The topological polar surface area (TPSA) is 91.0 Å². The molecule has 1 amide bonds. The van der Waals surface area contributed by atoms with Crippen LogP contribution in [0.5, 0.6) is 0 Å². The maximum Gasteiger partial charge on any atom is 0.227 e. The number of oxime groups is 1. The number of nitrogens with two attached hydrogens (primary N) is 1. The molecule has 0 saturated carbocycles. The Morgan fingerprint density at radius 2 is 2.11 bits per heavy atom. The molecule has 0 fully saturated rings. The van der Waals surface area contributed by atoms with Gasteiger partial charge in [-0.05, 0) is 18.6 Å². The number of nitrogens with one attached hydrogen (secondary N) is 1. The third-order valence-corrected chi connectivity index (χ3v) is 2.66.